The summed E-state index contributed by atoms with van der Waals surface area (Å²) in [6.45, 7) is 5.06. The standard InChI is InChI=1S/C16H19ClN2O/c1-16(2)10-13(5-7-20-16)19-14-9-12(17)8-11-4-3-6-18-15(11)14/h3-4,6,8-9,13,19H,5,7,10H2,1-2H3. The van der Waals surface area contributed by atoms with Gasteiger partial charge in [0, 0.05) is 29.3 Å². The molecule has 0 saturated carbocycles. The Morgan fingerprint density at radius 1 is 1.40 bits per heavy atom. The monoisotopic (exact) mass is 290 g/mol. The van der Waals surface area contributed by atoms with Crippen LogP contribution in [0.15, 0.2) is 30.5 Å². The lowest BCUT2D eigenvalue weighted by Crippen LogP contribution is -2.40. The number of pyridine rings is 1. The largest absolute Gasteiger partial charge is 0.380 e. The van der Waals surface area contributed by atoms with E-state index in [-0.39, 0.29) is 5.60 Å². The molecule has 106 valence electrons. The van der Waals surface area contributed by atoms with Crippen LogP contribution in [0, 0.1) is 0 Å². The van der Waals surface area contributed by atoms with Crippen molar-refractivity contribution in [2.24, 2.45) is 0 Å². The van der Waals surface area contributed by atoms with Gasteiger partial charge in [0.15, 0.2) is 0 Å². The van der Waals surface area contributed by atoms with Crippen molar-refractivity contribution in [2.45, 2.75) is 38.3 Å². The molecule has 1 aromatic heterocycles. The SMILES string of the molecule is CC1(C)CC(Nc2cc(Cl)cc3cccnc23)CCO1. The summed E-state index contributed by atoms with van der Waals surface area (Å²) in [5, 5.41) is 5.39. The van der Waals surface area contributed by atoms with E-state index >= 15 is 0 Å². The number of fused-ring (bicyclic) bond motifs is 1. The number of ether oxygens (including phenoxy) is 1. The van der Waals surface area contributed by atoms with Gasteiger partial charge in [-0.1, -0.05) is 17.7 Å². The van der Waals surface area contributed by atoms with Crippen molar-refractivity contribution in [3.8, 4) is 0 Å². The predicted octanol–water partition coefficient (Wildman–Crippen LogP) is 4.26. The van der Waals surface area contributed by atoms with Crippen molar-refractivity contribution in [1.82, 2.24) is 4.98 Å². The van der Waals surface area contributed by atoms with E-state index in [1.54, 1.807) is 0 Å². The molecule has 1 unspecified atom stereocenters. The molecule has 0 bridgehead atoms. The van der Waals surface area contributed by atoms with Gasteiger partial charge >= 0.3 is 0 Å². The van der Waals surface area contributed by atoms with Gasteiger partial charge in [0.05, 0.1) is 16.8 Å². The first-order valence-electron chi connectivity index (χ1n) is 6.98. The fourth-order valence-corrected chi connectivity index (χ4v) is 3.07. The maximum atomic E-state index is 6.21. The van der Waals surface area contributed by atoms with Gasteiger partial charge in [0.25, 0.3) is 0 Å². The summed E-state index contributed by atoms with van der Waals surface area (Å²) in [5.41, 5.74) is 1.91. The highest BCUT2D eigenvalue weighted by Gasteiger charge is 2.29. The second-order valence-corrected chi connectivity index (χ2v) is 6.41. The minimum Gasteiger partial charge on any atom is -0.380 e. The summed E-state index contributed by atoms with van der Waals surface area (Å²) in [6.07, 6.45) is 3.80. The molecule has 20 heavy (non-hydrogen) atoms. The molecule has 1 aliphatic heterocycles. The molecule has 2 aromatic rings. The number of halogens is 1. The van der Waals surface area contributed by atoms with Gasteiger partial charge in [0.2, 0.25) is 0 Å². The molecule has 0 amide bonds. The number of hydrogen-bond acceptors (Lipinski definition) is 3. The summed E-state index contributed by atoms with van der Waals surface area (Å²) >= 11 is 6.21. The van der Waals surface area contributed by atoms with E-state index in [0.29, 0.717) is 6.04 Å². The number of anilines is 1. The summed E-state index contributed by atoms with van der Waals surface area (Å²) in [7, 11) is 0. The van der Waals surface area contributed by atoms with E-state index in [4.69, 9.17) is 16.3 Å². The number of rotatable bonds is 2. The Hall–Kier alpha value is -1.32. The molecule has 0 radical (unpaired) electrons. The van der Waals surface area contributed by atoms with Crippen molar-refractivity contribution in [3.63, 3.8) is 0 Å². The quantitative estimate of drug-likeness (QED) is 0.897. The molecule has 1 atom stereocenters. The minimum atomic E-state index is -0.0717. The maximum Gasteiger partial charge on any atom is 0.0934 e. The Morgan fingerprint density at radius 3 is 3.05 bits per heavy atom. The van der Waals surface area contributed by atoms with Crippen LogP contribution in [0.5, 0.6) is 0 Å². The molecule has 1 N–H and O–H groups in total. The van der Waals surface area contributed by atoms with Crippen molar-refractivity contribution in [1.29, 1.82) is 0 Å². The maximum absolute atomic E-state index is 6.21. The van der Waals surface area contributed by atoms with Gasteiger partial charge < -0.3 is 10.1 Å². The van der Waals surface area contributed by atoms with Gasteiger partial charge in [-0.15, -0.1) is 0 Å². The molecule has 3 nitrogen and oxygen atoms in total. The highest BCUT2D eigenvalue weighted by atomic mass is 35.5. The van der Waals surface area contributed by atoms with E-state index in [2.05, 4.69) is 24.1 Å². The van der Waals surface area contributed by atoms with Crippen LogP contribution in [0.4, 0.5) is 5.69 Å². The van der Waals surface area contributed by atoms with E-state index < -0.39 is 0 Å². The third-order valence-electron chi connectivity index (χ3n) is 3.73. The topological polar surface area (TPSA) is 34.2 Å². The fourth-order valence-electron chi connectivity index (χ4n) is 2.84. The second kappa shape index (κ2) is 5.23. The summed E-state index contributed by atoms with van der Waals surface area (Å²) in [4.78, 5) is 4.47. The first-order valence-corrected chi connectivity index (χ1v) is 7.36. The zero-order valence-corrected chi connectivity index (χ0v) is 12.6. The lowest BCUT2D eigenvalue weighted by molar-refractivity contribution is -0.0553. The van der Waals surface area contributed by atoms with Gasteiger partial charge in [-0.25, -0.2) is 0 Å². The van der Waals surface area contributed by atoms with Crippen LogP contribution in [0.25, 0.3) is 10.9 Å². The fraction of sp³-hybridized carbons (Fsp3) is 0.438. The van der Waals surface area contributed by atoms with Crippen molar-refractivity contribution in [3.05, 3.63) is 35.5 Å². The van der Waals surface area contributed by atoms with Crippen LogP contribution < -0.4 is 5.32 Å². The molecule has 1 saturated heterocycles. The van der Waals surface area contributed by atoms with Gasteiger partial charge in [0.1, 0.15) is 0 Å². The highest BCUT2D eigenvalue weighted by molar-refractivity contribution is 6.31. The number of aromatic nitrogens is 1. The normalized spacial score (nSPS) is 21.9. The van der Waals surface area contributed by atoms with Crippen LogP contribution in [-0.4, -0.2) is 23.2 Å². The molecule has 0 spiro atoms. The third-order valence-corrected chi connectivity index (χ3v) is 3.94. The predicted molar refractivity (Wildman–Crippen MR) is 83.4 cm³/mol. The molecule has 4 heteroatoms. The van der Waals surface area contributed by atoms with Crippen LogP contribution in [-0.2, 0) is 4.74 Å². The Morgan fingerprint density at radius 2 is 2.25 bits per heavy atom. The van der Waals surface area contributed by atoms with Gasteiger partial charge in [-0.2, -0.15) is 0 Å². The van der Waals surface area contributed by atoms with E-state index in [9.17, 15) is 0 Å². The lowest BCUT2D eigenvalue weighted by atomic mass is 9.93. The van der Waals surface area contributed by atoms with Gasteiger partial charge in [-0.05, 0) is 44.9 Å². The van der Waals surface area contributed by atoms with Crippen LogP contribution in [0.2, 0.25) is 5.02 Å². The molecule has 2 heterocycles. The Balaban J connectivity index is 1.90. The van der Waals surface area contributed by atoms with Gasteiger partial charge in [-0.3, -0.25) is 4.98 Å². The average molecular weight is 291 g/mol. The Kier molecular flexibility index (Phi) is 3.57. The van der Waals surface area contributed by atoms with Crippen molar-refractivity contribution in [2.75, 3.05) is 11.9 Å². The minimum absolute atomic E-state index is 0.0717. The van der Waals surface area contributed by atoms with Crippen molar-refractivity contribution < 1.29 is 4.74 Å². The molecule has 1 aromatic carbocycles. The summed E-state index contributed by atoms with van der Waals surface area (Å²) in [5.74, 6) is 0. The van der Waals surface area contributed by atoms with Crippen LogP contribution >= 0.6 is 11.6 Å². The highest BCUT2D eigenvalue weighted by Crippen LogP contribution is 2.30. The molecule has 0 aliphatic carbocycles. The smallest absolute Gasteiger partial charge is 0.0934 e. The number of nitrogens with one attached hydrogen (secondary N) is 1. The first kappa shape index (κ1) is 13.7. The van der Waals surface area contributed by atoms with Crippen LogP contribution in [0.3, 0.4) is 0 Å². The molecule has 1 fully saturated rings. The zero-order chi connectivity index (χ0) is 14.2. The van der Waals surface area contributed by atoms with Crippen molar-refractivity contribution >= 4 is 28.2 Å². The Bertz CT molecular complexity index is 627. The summed E-state index contributed by atoms with van der Waals surface area (Å²) < 4.78 is 5.76. The lowest BCUT2D eigenvalue weighted by Gasteiger charge is -2.36. The third kappa shape index (κ3) is 2.89. The number of nitrogens with zero attached hydrogens (tertiary/aromatic N) is 1. The Labute approximate surface area is 124 Å². The van der Waals surface area contributed by atoms with E-state index in [1.807, 2.05) is 30.5 Å². The van der Waals surface area contributed by atoms with E-state index in [0.717, 1.165) is 41.1 Å². The van der Waals surface area contributed by atoms with E-state index in [1.165, 1.54) is 0 Å². The van der Waals surface area contributed by atoms with Crippen LogP contribution in [0.1, 0.15) is 26.7 Å². The summed E-state index contributed by atoms with van der Waals surface area (Å²) in [6, 6.07) is 8.26. The first-order chi connectivity index (χ1) is 9.53. The molecular weight excluding hydrogens is 272 g/mol. The second-order valence-electron chi connectivity index (χ2n) is 5.97. The average Bonchev–Trinajstić information content (AvgIpc) is 2.37. The number of hydrogen-bond donors (Lipinski definition) is 1. The molecular formula is C16H19ClN2O. The molecule has 3 rings (SSSR count). The number of benzene rings is 1. The zero-order valence-electron chi connectivity index (χ0n) is 11.8. The molecule has 1 aliphatic rings.